The van der Waals surface area contributed by atoms with E-state index in [1.165, 1.54) is 37.5 Å². The van der Waals surface area contributed by atoms with Gasteiger partial charge < -0.3 is 14.2 Å². The Labute approximate surface area is 166 Å². The van der Waals surface area contributed by atoms with Gasteiger partial charge in [0.2, 0.25) is 5.78 Å². The van der Waals surface area contributed by atoms with Crippen molar-refractivity contribution in [1.82, 2.24) is 0 Å². The molecule has 3 aromatic rings. The number of carbonyl (C=O) groups is 2. The fourth-order valence-electron chi connectivity index (χ4n) is 2.83. The maximum absolute atomic E-state index is 13.0. The number of hydrogen-bond acceptors (Lipinski definition) is 5. The zero-order chi connectivity index (χ0) is 20.4. The maximum atomic E-state index is 13.0. The quantitative estimate of drug-likeness (QED) is 0.368. The van der Waals surface area contributed by atoms with Crippen LogP contribution < -0.4 is 14.2 Å². The molecule has 0 saturated carbocycles. The van der Waals surface area contributed by atoms with E-state index in [1.54, 1.807) is 42.5 Å². The van der Waals surface area contributed by atoms with Crippen molar-refractivity contribution in [2.24, 2.45) is 0 Å². The number of carbonyl (C=O) groups excluding carboxylic acids is 2. The third-order valence-corrected chi connectivity index (χ3v) is 4.35. The number of Topliss-reactive ketones (excluding diaryl/α,β-unsaturated/α-hetero) is 1. The van der Waals surface area contributed by atoms with Gasteiger partial charge in [-0.2, -0.15) is 0 Å². The molecule has 0 saturated heterocycles. The van der Waals surface area contributed by atoms with Crippen LogP contribution in [0.15, 0.2) is 72.5 Å². The minimum absolute atomic E-state index is 0.116. The molecule has 0 atom stereocenters. The third-order valence-electron chi connectivity index (χ3n) is 4.35. The van der Waals surface area contributed by atoms with E-state index < -0.39 is 5.97 Å². The van der Waals surface area contributed by atoms with E-state index in [-0.39, 0.29) is 23.1 Å². The number of hydrogen-bond donors (Lipinski definition) is 0. The number of allylic oxidation sites excluding steroid dienone is 1. The molecular formula is C23H15FO5. The molecule has 0 bridgehead atoms. The first kappa shape index (κ1) is 18.4. The van der Waals surface area contributed by atoms with Crippen LogP contribution in [0.1, 0.15) is 26.3 Å². The lowest BCUT2D eigenvalue weighted by Crippen LogP contribution is -2.08. The number of benzene rings is 3. The number of ether oxygens (including phenoxy) is 3. The predicted octanol–water partition coefficient (Wildman–Crippen LogP) is 4.67. The highest BCUT2D eigenvalue weighted by Crippen LogP contribution is 2.35. The molecular weight excluding hydrogens is 375 g/mol. The summed E-state index contributed by atoms with van der Waals surface area (Å²) in [6, 6.07) is 16.8. The molecule has 0 fully saturated rings. The Bertz CT molecular complexity index is 1120. The van der Waals surface area contributed by atoms with Crippen LogP contribution >= 0.6 is 0 Å². The van der Waals surface area contributed by atoms with Crippen LogP contribution in [0.4, 0.5) is 4.39 Å². The Morgan fingerprint density at radius 1 is 0.966 bits per heavy atom. The van der Waals surface area contributed by atoms with Gasteiger partial charge in [-0.3, -0.25) is 4.79 Å². The number of halogens is 1. The van der Waals surface area contributed by atoms with E-state index in [9.17, 15) is 14.0 Å². The predicted molar refractivity (Wildman–Crippen MR) is 104 cm³/mol. The van der Waals surface area contributed by atoms with Gasteiger partial charge in [0.15, 0.2) is 5.76 Å². The van der Waals surface area contributed by atoms with Gasteiger partial charge in [0, 0.05) is 6.07 Å². The van der Waals surface area contributed by atoms with E-state index in [0.29, 0.717) is 28.2 Å². The summed E-state index contributed by atoms with van der Waals surface area (Å²) in [4.78, 5) is 24.8. The number of ketones is 1. The zero-order valence-electron chi connectivity index (χ0n) is 15.3. The summed E-state index contributed by atoms with van der Waals surface area (Å²) >= 11 is 0. The standard InChI is InChI=1S/C23H15FO5/c1-27-17-8-4-15(5-9-17)23(26)28-18-10-11-19-20(13-18)29-21(22(19)25)12-14-2-6-16(24)7-3-14/h2-13H,1H3. The summed E-state index contributed by atoms with van der Waals surface area (Å²) in [6.45, 7) is 0. The summed E-state index contributed by atoms with van der Waals surface area (Å²) in [5.41, 5.74) is 1.36. The first-order valence-corrected chi connectivity index (χ1v) is 8.73. The number of methoxy groups -OCH3 is 1. The van der Waals surface area contributed by atoms with Crippen molar-refractivity contribution in [3.63, 3.8) is 0 Å². The molecule has 144 valence electrons. The van der Waals surface area contributed by atoms with Gasteiger partial charge in [-0.15, -0.1) is 0 Å². The first-order valence-electron chi connectivity index (χ1n) is 8.73. The van der Waals surface area contributed by atoms with Crippen LogP contribution in [0.3, 0.4) is 0 Å². The highest BCUT2D eigenvalue weighted by Gasteiger charge is 2.28. The molecule has 6 heteroatoms. The Balaban J connectivity index is 1.52. The lowest BCUT2D eigenvalue weighted by molar-refractivity contribution is 0.0734. The van der Waals surface area contributed by atoms with Crippen LogP contribution in [0.5, 0.6) is 17.2 Å². The average Bonchev–Trinajstić information content (AvgIpc) is 3.04. The van der Waals surface area contributed by atoms with Crippen LogP contribution in [0.2, 0.25) is 0 Å². The fraction of sp³-hybridized carbons (Fsp3) is 0.0435. The highest BCUT2D eigenvalue weighted by atomic mass is 19.1. The van der Waals surface area contributed by atoms with Gasteiger partial charge in [-0.1, -0.05) is 12.1 Å². The first-order chi connectivity index (χ1) is 14.0. The lowest BCUT2D eigenvalue weighted by Gasteiger charge is -2.06. The van der Waals surface area contributed by atoms with Gasteiger partial charge in [-0.25, -0.2) is 9.18 Å². The van der Waals surface area contributed by atoms with Gasteiger partial charge >= 0.3 is 5.97 Å². The van der Waals surface area contributed by atoms with Gasteiger partial charge in [0.1, 0.15) is 23.1 Å². The van der Waals surface area contributed by atoms with Crippen molar-refractivity contribution in [2.45, 2.75) is 0 Å². The summed E-state index contributed by atoms with van der Waals surface area (Å²) in [6.07, 6.45) is 1.53. The monoisotopic (exact) mass is 390 g/mol. The summed E-state index contributed by atoms with van der Waals surface area (Å²) < 4.78 is 29.1. The van der Waals surface area contributed by atoms with Crippen LogP contribution in [-0.4, -0.2) is 18.9 Å². The molecule has 0 aliphatic carbocycles. The molecule has 0 N–H and O–H groups in total. The normalized spacial score (nSPS) is 13.7. The molecule has 3 aromatic carbocycles. The van der Waals surface area contributed by atoms with Crippen LogP contribution in [0, 0.1) is 5.82 Å². The third kappa shape index (κ3) is 3.87. The van der Waals surface area contributed by atoms with Gasteiger partial charge in [0.25, 0.3) is 0 Å². The minimum atomic E-state index is -0.543. The molecule has 4 rings (SSSR count). The molecule has 1 aliphatic rings. The van der Waals surface area contributed by atoms with Crippen molar-refractivity contribution >= 4 is 17.8 Å². The summed E-state index contributed by atoms with van der Waals surface area (Å²) in [7, 11) is 1.54. The molecule has 29 heavy (non-hydrogen) atoms. The Kier molecular flexibility index (Phi) is 4.83. The van der Waals surface area contributed by atoms with E-state index >= 15 is 0 Å². The number of esters is 1. The fourth-order valence-corrected chi connectivity index (χ4v) is 2.83. The van der Waals surface area contributed by atoms with Crippen LogP contribution in [0.25, 0.3) is 6.08 Å². The van der Waals surface area contributed by atoms with Crippen molar-refractivity contribution in [3.05, 3.63) is 95.0 Å². The second kappa shape index (κ2) is 7.59. The average molecular weight is 390 g/mol. The van der Waals surface area contributed by atoms with Crippen molar-refractivity contribution in [2.75, 3.05) is 7.11 Å². The minimum Gasteiger partial charge on any atom is -0.497 e. The number of rotatable bonds is 4. The van der Waals surface area contributed by atoms with Crippen molar-refractivity contribution in [3.8, 4) is 17.2 Å². The molecule has 0 spiro atoms. The largest absolute Gasteiger partial charge is 0.497 e. The van der Waals surface area contributed by atoms with E-state index in [1.807, 2.05) is 0 Å². The number of fused-ring (bicyclic) bond motifs is 1. The zero-order valence-corrected chi connectivity index (χ0v) is 15.3. The van der Waals surface area contributed by atoms with Crippen LogP contribution in [-0.2, 0) is 0 Å². The smallest absolute Gasteiger partial charge is 0.343 e. The molecule has 5 nitrogen and oxygen atoms in total. The van der Waals surface area contributed by atoms with Crippen molar-refractivity contribution in [1.29, 1.82) is 0 Å². The summed E-state index contributed by atoms with van der Waals surface area (Å²) in [5, 5.41) is 0. The van der Waals surface area contributed by atoms with Gasteiger partial charge in [0.05, 0.1) is 18.2 Å². The molecule has 1 heterocycles. The Morgan fingerprint density at radius 2 is 1.66 bits per heavy atom. The Morgan fingerprint density at radius 3 is 2.34 bits per heavy atom. The topological polar surface area (TPSA) is 61.8 Å². The molecule has 1 aliphatic heterocycles. The molecule has 0 amide bonds. The van der Waals surface area contributed by atoms with Gasteiger partial charge in [-0.05, 0) is 60.2 Å². The maximum Gasteiger partial charge on any atom is 0.343 e. The van der Waals surface area contributed by atoms with E-state index in [2.05, 4.69) is 0 Å². The summed E-state index contributed by atoms with van der Waals surface area (Å²) in [5.74, 6) is 0.0919. The second-order valence-corrected chi connectivity index (χ2v) is 6.27. The molecule has 0 unspecified atom stereocenters. The molecule has 0 aromatic heterocycles. The Hall–Kier alpha value is -3.93. The van der Waals surface area contributed by atoms with E-state index in [4.69, 9.17) is 14.2 Å². The SMILES string of the molecule is COc1ccc(C(=O)Oc2ccc3c(c2)OC(=Cc2ccc(F)cc2)C3=O)cc1. The molecule has 0 radical (unpaired) electrons. The second-order valence-electron chi connectivity index (χ2n) is 6.27. The van der Waals surface area contributed by atoms with Crippen molar-refractivity contribution < 1.29 is 28.2 Å². The lowest BCUT2D eigenvalue weighted by atomic mass is 10.1. The van der Waals surface area contributed by atoms with E-state index in [0.717, 1.165) is 0 Å². The highest BCUT2D eigenvalue weighted by molar-refractivity contribution is 6.14.